The molecule has 0 aliphatic rings. The maximum Gasteiger partial charge on any atom is 0.262 e. The number of aryl methyl sites for hydroxylation is 3. The fraction of sp³-hybridized carbons (Fsp3) is 0.222. The number of carbonyl (C=O) groups is 1. The summed E-state index contributed by atoms with van der Waals surface area (Å²) >= 11 is 0. The third-order valence-electron chi connectivity index (χ3n) is 3.34. The first-order valence-corrected chi connectivity index (χ1v) is 7.38. The maximum absolute atomic E-state index is 12.0. The zero-order chi connectivity index (χ0) is 16.4. The lowest BCUT2D eigenvalue weighted by Crippen LogP contribution is -2.20. The number of nitrogens with one attached hydrogen (secondary N) is 1. The maximum atomic E-state index is 12.0. The van der Waals surface area contributed by atoms with Gasteiger partial charge in [-0.2, -0.15) is 0 Å². The number of fused-ring (bicyclic) bond motifs is 1. The number of aromatic nitrogens is 1. The molecule has 3 rings (SSSR count). The van der Waals surface area contributed by atoms with Gasteiger partial charge in [-0.15, -0.1) is 0 Å². The van der Waals surface area contributed by atoms with E-state index in [1.165, 1.54) is 0 Å². The van der Waals surface area contributed by atoms with Gasteiger partial charge in [0.2, 0.25) is 0 Å². The summed E-state index contributed by atoms with van der Waals surface area (Å²) in [5.41, 5.74) is 4.29. The molecule has 0 saturated heterocycles. The van der Waals surface area contributed by atoms with E-state index in [1.54, 1.807) is 25.1 Å². The fourth-order valence-electron chi connectivity index (χ4n) is 2.48. The second-order valence-electron chi connectivity index (χ2n) is 5.58. The zero-order valence-corrected chi connectivity index (χ0v) is 13.3. The van der Waals surface area contributed by atoms with Crippen LogP contribution in [0.15, 0.2) is 40.8 Å². The summed E-state index contributed by atoms with van der Waals surface area (Å²) in [6.07, 6.45) is 0. The van der Waals surface area contributed by atoms with Crippen LogP contribution >= 0.6 is 0 Å². The summed E-state index contributed by atoms with van der Waals surface area (Å²) in [5, 5.41) is 2.80. The highest BCUT2D eigenvalue weighted by molar-refractivity contribution is 5.93. The number of rotatable bonds is 4. The van der Waals surface area contributed by atoms with E-state index in [0.717, 1.165) is 16.6 Å². The summed E-state index contributed by atoms with van der Waals surface area (Å²) < 4.78 is 11.0. The summed E-state index contributed by atoms with van der Waals surface area (Å²) in [7, 11) is 0. The molecule has 5 nitrogen and oxygen atoms in total. The number of hydrogen-bond acceptors (Lipinski definition) is 4. The number of ether oxygens (including phenoxy) is 1. The normalized spacial score (nSPS) is 10.7. The van der Waals surface area contributed by atoms with Gasteiger partial charge in [-0.25, -0.2) is 4.98 Å². The van der Waals surface area contributed by atoms with Crippen LogP contribution in [-0.4, -0.2) is 17.5 Å². The van der Waals surface area contributed by atoms with Crippen LogP contribution in [0.2, 0.25) is 0 Å². The Bertz CT molecular complexity index is 848. The van der Waals surface area contributed by atoms with Crippen molar-refractivity contribution in [1.29, 1.82) is 0 Å². The minimum absolute atomic E-state index is 0.0429. The second-order valence-corrected chi connectivity index (χ2v) is 5.58. The Kier molecular flexibility index (Phi) is 4.02. The molecule has 5 heteroatoms. The van der Waals surface area contributed by atoms with Crippen LogP contribution in [0.3, 0.4) is 0 Å². The fourth-order valence-corrected chi connectivity index (χ4v) is 2.48. The van der Waals surface area contributed by atoms with Gasteiger partial charge in [0.1, 0.15) is 11.3 Å². The van der Waals surface area contributed by atoms with E-state index >= 15 is 0 Å². The molecule has 0 fully saturated rings. The number of oxazole rings is 1. The molecule has 1 aromatic heterocycles. The molecule has 2 aromatic carbocycles. The van der Waals surface area contributed by atoms with E-state index < -0.39 is 0 Å². The van der Waals surface area contributed by atoms with E-state index in [4.69, 9.17) is 9.15 Å². The number of nitrogens with zero attached hydrogens (tertiary/aromatic N) is 1. The molecule has 1 heterocycles. The van der Waals surface area contributed by atoms with Crippen molar-refractivity contribution >= 4 is 22.7 Å². The molecule has 1 N–H and O–H groups in total. The van der Waals surface area contributed by atoms with E-state index in [-0.39, 0.29) is 12.5 Å². The summed E-state index contributed by atoms with van der Waals surface area (Å²) in [4.78, 5) is 16.3. The van der Waals surface area contributed by atoms with Crippen LogP contribution in [0, 0.1) is 20.8 Å². The van der Waals surface area contributed by atoms with E-state index in [2.05, 4.69) is 16.4 Å². The molecule has 0 aliphatic carbocycles. The van der Waals surface area contributed by atoms with Gasteiger partial charge < -0.3 is 14.5 Å². The highest BCUT2D eigenvalue weighted by atomic mass is 16.5. The Labute approximate surface area is 134 Å². The molecular weight excluding hydrogens is 292 g/mol. The quantitative estimate of drug-likeness (QED) is 0.796. The second kappa shape index (κ2) is 6.12. The molecule has 0 radical (unpaired) electrons. The van der Waals surface area contributed by atoms with Gasteiger partial charge >= 0.3 is 0 Å². The van der Waals surface area contributed by atoms with Gasteiger partial charge in [-0.05, 0) is 55.3 Å². The molecule has 0 bridgehead atoms. The van der Waals surface area contributed by atoms with Gasteiger partial charge in [-0.3, -0.25) is 4.79 Å². The lowest BCUT2D eigenvalue weighted by molar-refractivity contribution is -0.118. The molecular formula is C18H18N2O3. The van der Waals surface area contributed by atoms with Crippen molar-refractivity contribution in [2.24, 2.45) is 0 Å². The van der Waals surface area contributed by atoms with Gasteiger partial charge in [0.25, 0.3) is 5.91 Å². The Balaban J connectivity index is 1.63. The Morgan fingerprint density at radius 2 is 1.87 bits per heavy atom. The SMILES string of the molecule is Cc1cc(C)cc(OCC(=O)Nc2ccc3oc(C)nc3c2)c1. The van der Waals surface area contributed by atoms with Crippen LogP contribution in [0.25, 0.3) is 11.1 Å². The monoisotopic (exact) mass is 310 g/mol. The topological polar surface area (TPSA) is 64.4 Å². The molecule has 23 heavy (non-hydrogen) atoms. The Morgan fingerprint density at radius 1 is 1.13 bits per heavy atom. The van der Waals surface area contributed by atoms with Crippen molar-refractivity contribution in [2.45, 2.75) is 20.8 Å². The van der Waals surface area contributed by atoms with Gasteiger partial charge in [0.05, 0.1) is 0 Å². The van der Waals surface area contributed by atoms with Crippen molar-refractivity contribution in [1.82, 2.24) is 4.98 Å². The lowest BCUT2D eigenvalue weighted by Gasteiger charge is -2.09. The summed E-state index contributed by atoms with van der Waals surface area (Å²) in [6, 6.07) is 11.2. The van der Waals surface area contributed by atoms with Crippen LogP contribution in [0.5, 0.6) is 5.75 Å². The molecule has 0 spiro atoms. The average molecular weight is 310 g/mol. The minimum Gasteiger partial charge on any atom is -0.484 e. The zero-order valence-electron chi connectivity index (χ0n) is 13.3. The van der Waals surface area contributed by atoms with E-state index in [9.17, 15) is 4.79 Å². The van der Waals surface area contributed by atoms with Crippen LogP contribution in [-0.2, 0) is 4.79 Å². The number of hydrogen-bond donors (Lipinski definition) is 1. The van der Waals surface area contributed by atoms with Gasteiger partial charge in [-0.1, -0.05) is 6.07 Å². The lowest BCUT2D eigenvalue weighted by atomic mass is 10.1. The highest BCUT2D eigenvalue weighted by Gasteiger charge is 2.07. The number of carbonyl (C=O) groups excluding carboxylic acids is 1. The van der Waals surface area contributed by atoms with Crippen molar-refractivity contribution in [3.8, 4) is 5.75 Å². The Hall–Kier alpha value is -2.82. The molecule has 0 atom stereocenters. The minimum atomic E-state index is -0.219. The molecule has 0 unspecified atom stereocenters. The molecule has 1 amide bonds. The first-order chi connectivity index (χ1) is 11.0. The summed E-state index contributed by atoms with van der Waals surface area (Å²) in [5.74, 6) is 1.07. The van der Waals surface area contributed by atoms with Gasteiger partial charge in [0, 0.05) is 12.6 Å². The standard InChI is InChI=1S/C18H18N2O3/c1-11-6-12(2)8-15(7-11)22-10-18(21)20-14-4-5-17-16(9-14)19-13(3)23-17/h4-9H,10H2,1-3H3,(H,20,21). The third kappa shape index (κ3) is 3.69. The first kappa shape index (κ1) is 15.1. The van der Waals surface area contributed by atoms with E-state index in [0.29, 0.717) is 22.9 Å². The predicted octanol–water partition coefficient (Wildman–Crippen LogP) is 3.77. The van der Waals surface area contributed by atoms with Crippen molar-refractivity contribution in [3.63, 3.8) is 0 Å². The number of benzene rings is 2. The molecule has 0 saturated carbocycles. The van der Waals surface area contributed by atoms with Crippen molar-refractivity contribution in [2.75, 3.05) is 11.9 Å². The summed E-state index contributed by atoms with van der Waals surface area (Å²) in [6.45, 7) is 5.73. The molecule has 0 aliphatic heterocycles. The van der Waals surface area contributed by atoms with E-state index in [1.807, 2.05) is 26.0 Å². The molecule has 3 aromatic rings. The molecule has 118 valence electrons. The van der Waals surface area contributed by atoms with Crippen LogP contribution in [0.1, 0.15) is 17.0 Å². The van der Waals surface area contributed by atoms with Gasteiger partial charge in [0.15, 0.2) is 18.1 Å². The first-order valence-electron chi connectivity index (χ1n) is 7.38. The van der Waals surface area contributed by atoms with Crippen molar-refractivity contribution in [3.05, 3.63) is 53.4 Å². The van der Waals surface area contributed by atoms with Crippen LogP contribution < -0.4 is 10.1 Å². The smallest absolute Gasteiger partial charge is 0.262 e. The number of anilines is 1. The van der Waals surface area contributed by atoms with Crippen LogP contribution in [0.4, 0.5) is 5.69 Å². The largest absolute Gasteiger partial charge is 0.484 e. The number of amides is 1. The highest BCUT2D eigenvalue weighted by Crippen LogP contribution is 2.20. The third-order valence-corrected chi connectivity index (χ3v) is 3.34. The predicted molar refractivity (Wildman–Crippen MR) is 88.8 cm³/mol. The average Bonchev–Trinajstić information content (AvgIpc) is 2.83. The van der Waals surface area contributed by atoms with Crippen molar-refractivity contribution < 1.29 is 13.9 Å². The Morgan fingerprint density at radius 3 is 2.61 bits per heavy atom.